The van der Waals surface area contributed by atoms with Gasteiger partial charge >= 0.3 is 0 Å². The largest absolute Gasteiger partial charge is 0.494 e. The van der Waals surface area contributed by atoms with Gasteiger partial charge in [-0.1, -0.05) is 12.1 Å². The Kier molecular flexibility index (Phi) is 5.20. The lowest BCUT2D eigenvalue weighted by Crippen LogP contribution is -2.32. The zero-order valence-electron chi connectivity index (χ0n) is 10.4. The summed E-state index contributed by atoms with van der Waals surface area (Å²) in [6, 6.07) is 9.08. The normalized spacial score (nSPS) is 17.0. The Balaban J connectivity index is 1.83. The van der Waals surface area contributed by atoms with Crippen molar-refractivity contribution < 1.29 is 4.74 Å². The summed E-state index contributed by atoms with van der Waals surface area (Å²) in [7, 11) is 0. The van der Waals surface area contributed by atoms with Gasteiger partial charge in [0.2, 0.25) is 0 Å². The molecule has 0 spiro atoms. The highest BCUT2D eigenvalue weighted by molar-refractivity contribution is 7.99. The molecular weight excluding hydrogens is 230 g/mol. The molecule has 1 fully saturated rings. The smallest absolute Gasteiger partial charge is 0.119 e. The lowest BCUT2D eigenvalue weighted by molar-refractivity contribution is 0.339. The topological polar surface area (TPSA) is 21.3 Å². The van der Waals surface area contributed by atoms with Gasteiger partial charge in [0.1, 0.15) is 5.75 Å². The number of hydrogen-bond donors (Lipinski definition) is 1. The van der Waals surface area contributed by atoms with Gasteiger partial charge in [-0.15, -0.1) is 0 Å². The molecule has 3 heteroatoms. The molecule has 0 amide bonds. The zero-order chi connectivity index (χ0) is 11.9. The monoisotopic (exact) mass is 251 g/mol. The molecule has 1 aliphatic heterocycles. The highest BCUT2D eigenvalue weighted by Gasteiger charge is 2.12. The number of hydrogen-bond acceptors (Lipinski definition) is 3. The standard InChI is InChI=1S/C14H21NOS/c1-2-16-14-5-3-4-12(10-14)11-15-13-6-8-17-9-7-13/h3-5,10,13,15H,2,6-9,11H2,1H3. The van der Waals surface area contributed by atoms with Crippen molar-refractivity contribution in [2.45, 2.75) is 32.4 Å². The zero-order valence-corrected chi connectivity index (χ0v) is 11.3. The van der Waals surface area contributed by atoms with Crippen LogP contribution in [0.25, 0.3) is 0 Å². The first kappa shape index (κ1) is 12.8. The van der Waals surface area contributed by atoms with E-state index in [9.17, 15) is 0 Å². The molecule has 2 rings (SSSR count). The fourth-order valence-electron chi connectivity index (χ4n) is 2.08. The fraction of sp³-hybridized carbons (Fsp3) is 0.571. The minimum Gasteiger partial charge on any atom is -0.494 e. The molecular formula is C14H21NOS. The maximum absolute atomic E-state index is 5.51. The lowest BCUT2D eigenvalue weighted by Gasteiger charge is -2.22. The highest BCUT2D eigenvalue weighted by Crippen LogP contribution is 2.18. The molecule has 17 heavy (non-hydrogen) atoms. The Hall–Kier alpha value is -0.670. The first-order valence-electron chi connectivity index (χ1n) is 6.41. The van der Waals surface area contributed by atoms with E-state index in [-0.39, 0.29) is 0 Å². The van der Waals surface area contributed by atoms with Gasteiger partial charge in [-0.3, -0.25) is 0 Å². The molecule has 0 unspecified atom stereocenters. The molecule has 1 heterocycles. The summed E-state index contributed by atoms with van der Waals surface area (Å²) in [6.07, 6.45) is 2.60. The molecule has 1 saturated heterocycles. The van der Waals surface area contributed by atoms with E-state index in [2.05, 4.69) is 35.3 Å². The molecule has 1 aromatic rings. The summed E-state index contributed by atoms with van der Waals surface area (Å²) >= 11 is 2.07. The van der Waals surface area contributed by atoms with Crippen molar-refractivity contribution in [3.05, 3.63) is 29.8 Å². The lowest BCUT2D eigenvalue weighted by atomic mass is 10.1. The predicted octanol–water partition coefficient (Wildman–Crippen LogP) is 3.07. The van der Waals surface area contributed by atoms with E-state index in [0.717, 1.165) is 18.9 Å². The first-order valence-corrected chi connectivity index (χ1v) is 7.57. The fourth-order valence-corrected chi connectivity index (χ4v) is 3.18. The van der Waals surface area contributed by atoms with Crippen molar-refractivity contribution in [3.8, 4) is 5.75 Å². The first-order chi connectivity index (χ1) is 8.38. The molecule has 0 saturated carbocycles. The molecule has 1 N–H and O–H groups in total. The van der Waals surface area contributed by atoms with Crippen LogP contribution in [0.5, 0.6) is 5.75 Å². The maximum atomic E-state index is 5.51. The van der Waals surface area contributed by atoms with Crippen molar-refractivity contribution in [2.75, 3.05) is 18.1 Å². The minimum atomic E-state index is 0.701. The second kappa shape index (κ2) is 6.92. The van der Waals surface area contributed by atoms with Crippen LogP contribution in [-0.2, 0) is 6.54 Å². The van der Waals surface area contributed by atoms with E-state index < -0.39 is 0 Å². The Morgan fingerprint density at radius 1 is 1.35 bits per heavy atom. The van der Waals surface area contributed by atoms with E-state index in [1.54, 1.807) is 0 Å². The molecule has 0 atom stereocenters. The third kappa shape index (κ3) is 4.25. The average Bonchev–Trinajstić information content (AvgIpc) is 2.39. The number of benzene rings is 1. The maximum Gasteiger partial charge on any atom is 0.119 e. The molecule has 0 bridgehead atoms. The number of nitrogens with one attached hydrogen (secondary N) is 1. The van der Waals surface area contributed by atoms with Gasteiger partial charge in [0.25, 0.3) is 0 Å². The average molecular weight is 251 g/mol. The summed E-state index contributed by atoms with van der Waals surface area (Å²) in [5.41, 5.74) is 1.31. The van der Waals surface area contributed by atoms with Crippen LogP contribution >= 0.6 is 11.8 Å². The van der Waals surface area contributed by atoms with Gasteiger partial charge in [0.05, 0.1) is 6.61 Å². The molecule has 1 aromatic carbocycles. The van der Waals surface area contributed by atoms with Gasteiger partial charge in [-0.2, -0.15) is 11.8 Å². The second-order valence-corrected chi connectivity index (χ2v) is 5.57. The molecule has 1 aliphatic rings. The van der Waals surface area contributed by atoms with Crippen LogP contribution in [-0.4, -0.2) is 24.2 Å². The van der Waals surface area contributed by atoms with Gasteiger partial charge in [0.15, 0.2) is 0 Å². The number of ether oxygens (including phenoxy) is 1. The Morgan fingerprint density at radius 3 is 2.94 bits per heavy atom. The van der Waals surface area contributed by atoms with Crippen molar-refractivity contribution in [3.63, 3.8) is 0 Å². The summed E-state index contributed by atoms with van der Waals surface area (Å²) in [6.45, 7) is 3.71. The van der Waals surface area contributed by atoms with E-state index in [1.165, 1.54) is 29.9 Å². The molecule has 2 nitrogen and oxygen atoms in total. The van der Waals surface area contributed by atoms with Crippen LogP contribution in [0.3, 0.4) is 0 Å². The van der Waals surface area contributed by atoms with Crippen molar-refractivity contribution in [1.82, 2.24) is 5.32 Å². The highest BCUT2D eigenvalue weighted by atomic mass is 32.2. The van der Waals surface area contributed by atoms with Crippen molar-refractivity contribution >= 4 is 11.8 Å². The third-order valence-corrected chi connectivity index (χ3v) is 4.07. The minimum absolute atomic E-state index is 0.701. The SMILES string of the molecule is CCOc1cccc(CNC2CCSCC2)c1. The summed E-state index contributed by atoms with van der Waals surface area (Å²) < 4.78 is 5.51. The van der Waals surface area contributed by atoms with Crippen LogP contribution in [0.1, 0.15) is 25.3 Å². The van der Waals surface area contributed by atoms with E-state index in [1.807, 2.05) is 13.0 Å². The number of rotatable bonds is 5. The number of thioether (sulfide) groups is 1. The van der Waals surface area contributed by atoms with Crippen LogP contribution in [0.2, 0.25) is 0 Å². The predicted molar refractivity (Wildman–Crippen MR) is 74.8 cm³/mol. The van der Waals surface area contributed by atoms with Crippen LogP contribution < -0.4 is 10.1 Å². The van der Waals surface area contributed by atoms with Gasteiger partial charge < -0.3 is 10.1 Å². The van der Waals surface area contributed by atoms with Gasteiger partial charge in [-0.25, -0.2) is 0 Å². The van der Waals surface area contributed by atoms with E-state index in [0.29, 0.717) is 6.04 Å². The van der Waals surface area contributed by atoms with Crippen LogP contribution in [0.15, 0.2) is 24.3 Å². The quantitative estimate of drug-likeness (QED) is 0.869. The summed E-state index contributed by atoms with van der Waals surface area (Å²) in [4.78, 5) is 0. The third-order valence-electron chi connectivity index (χ3n) is 3.03. The van der Waals surface area contributed by atoms with E-state index in [4.69, 9.17) is 4.74 Å². The summed E-state index contributed by atoms with van der Waals surface area (Å²) in [5.74, 6) is 3.58. The molecule has 0 aromatic heterocycles. The Morgan fingerprint density at radius 2 is 2.18 bits per heavy atom. The van der Waals surface area contributed by atoms with E-state index >= 15 is 0 Å². The van der Waals surface area contributed by atoms with Gasteiger partial charge in [0, 0.05) is 12.6 Å². The van der Waals surface area contributed by atoms with Crippen molar-refractivity contribution in [1.29, 1.82) is 0 Å². The van der Waals surface area contributed by atoms with Crippen molar-refractivity contribution in [2.24, 2.45) is 0 Å². The Labute approximate surface area is 108 Å². The molecule has 0 aliphatic carbocycles. The second-order valence-electron chi connectivity index (χ2n) is 4.35. The van der Waals surface area contributed by atoms with Gasteiger partial charge in [-0.05, 0) is 49.0 Å². The summed E-state index contributed by atoms with van der Waals surface area (Å²) in [5, 5.41) is 3.64. The van der Waals surface area contributed by atoms with Crippen LogP contribution in [0, 0.1) is 0 Å². The van der Waals surface area contributed by atoms with Crippen LogP contribution in [0.4, 0.5) is 0 Å². The molecule has 0 radical (unpaired) electrons. The Bertz CT molecular complexity index is 337. The molecule has 94 valence electrons.